The van der Waals surface area contributed by atoms with E-state index in [2.05, 4.69) is 57.5 Å². The maximum atomic E-state index is 14.5. The van der Waals surface area contributed by atoms with E-state index in [1.807, 2.05) is 6.92 Å². The Bertz CT molecular complexity index is 630. The molecule has 0 heterocycles. The van der Waals surface area contributed by atoms with Crippen LogP contribution in [-0.2, 0) is 12.0 Å². The first-order valence-electron chi connectivity index (χ1n) is 11.8. The van der Waals surface area contributed by atoms with E-state index >= 15 is 0 Å². The predicted molar refractivity (Wildman–Crippen MR) is 128 cm³/mol. The maximum Gasteiger partial charge on any atom is 0.127 e. The number of halogens is 2. The molecule has 1 unspecified atom stereocenters. The largest absolute Gasteiger partial charge is 0.384 e. The van der Waals surface area contributed by atoms with Crippen molar-refractivity contribution in [2.75, 3.05) is 0 Å². The molecule has 0 radical (unpaired) electrons. The lowest BCUT2D eigenvalue weighted by atomic mass is 9.65. The fourth-order valence-electron chi connectivity index (χ4n) is 5.07. The molecule has 1 aromatic rings. The predicted octanol–water partition coefficient (Wildman–Crippen LogP) is 8.86. The minimum absolute atomic E-state index is 0.172. The summed E-state index contributed by atoms with van der Waals surface area (Å²) < 4.78 is 15.3. The van der Waals surface area contributed by atoms with Crippen LogP contribution < -0.4 is 0 Å². The molecule has 1 atom stereocenters. The molecular formula is C26H44BrFO. The van der Waals surface area contributed by atoms with Crippen molar-refractivity contribution < 1.29 is 9.50 Å². The highest BCUT2D eigenvalue weighted by Crippen LogP contribution is 2.58. The summed E-state index contributed by atoms with van der Waals surface area (Å²) in [5.74, 6) is -0.0191. The molecule has 1 N–H and O–H groups in total. The number of benzene rings is 1. The van der Waals surface area contributed by atoms with Gasteiger partial charge >= 0.3 is 0 Å². The summed E-state index contributed by atoms with van der Waals surface area (Å²) in [6.45, 7) is 15.0. The van der Waals surface area contributed by atoms with E-state index in [-0.39, 0.29) is 17.2 Å². The highest BCUT2D eigenvalue weighted by molar-refractivity contribution is 9.10. The molecule has 168 valence electrons. The number of fused-ring (bicyclic) bond motifs is 1. The molecule has 0 spiro atoms. The van der Waals surface area contributed by atoms with Gasteiger partial charge < -0.3 is 5.11 Å². The Hall–Kier alpha value is -0.410. The highest BCUT2D eigenvalue weighted by Gasteiger charge is 2.56. The van der Waals surface area contributed by atoms with Gasteiger partial charge in [-0.2, -0.15) is 0 Å². The zero-order valence-corrected chi connectivity index (χ0v) is 21.5. The standard InChI is InChI=1S/C19H28BrFO.C7H16/c1-6-8-13(9-7-2)19(22)17-12(3)15(20)10-16(21)14(17)11-18(19,4)5;1-3-5-7-6-4-2/h10,13,22H,6-9,11H2,1-5H3;3-7H2,1-2H3. The van der Waals surface area contributed by atoms with Crippen molar-refractivity contribution >= 4 is 15.9 Å². The van der Waals surface area contributed by atoms with E-state index in [9.17, 15) is 9.50 Å². The van der Waals surface area contributed by atoms with Gasteiger partial charge in [-0.05, 0) is 54.9 Å². The number of hydrogen-bond acceptors (Lipinski definition) is 1. The Morgan fingerprint density at radius 2 is 1.52 bits per heavy atom. The van der Waals surface area contributed by atoms with E-state index in [1.165, 1.54) is 32.1 Å². The second-order valence-corrected chi connectivity index (χ2v) is 10.3. The van der Waals surface area contributed by atoms with Crippen LogP contribution in [0.15, 0.2) is 10.5 Å². The van der Waals surface area contributed by atoms with Crippen molar-refractivity contribution in [3.8, 4) is 0 Å². The number of rotatable bonds is 9. The Balaban J connectivity index is 0.000000516. The normalized spacial score (nSPS) is 19.8. The van der Waals surface area contributed by atoms with Crippen molar-refractivity contribution in [1.29, 1.82) is 0 Å². The third kappa shape index (κ3) is 5.85. The van der Waals surface area contributed by atoms with Crippen molar-refractivity contribution in [3.05, 3.63) is 33.0 Å². The molecule has 0 fully saturated rings. The SMILES string of the molecule is CCCC(CCC)C1(O)c2c(C)c(Br)cc(F)c2CC1(C)C.CCCCCCC. The summed E-state index contributed by atoms with van der Waals surface area (Å²) >= 11 is 3.46. The van der Waals surface area contributed by atoms with Gasteiger partial charge in [-0.15, -0.1) is 0 Å². The lowest BCUT2D eigenvalue weighted by Gasteiger charge is -2.44. The van der Waals surface area contributed by atoms with Gasteiger partial charge in [0, 0.05) is 9.89 Å². The van der Waals surface area contributed by atoms with Crippen LogP contribution in [0.3, 0.4) is 0 Å². The molecule has 0 bridgehead atoms. The average molecular weight is 472 g/mol. The summed E-state index contributed by atoms with van der Waals surface area (Å²) in [4.78, 5) is 0. The Labute approximate surface area is 188 Å². The van der Waals surface area contributed by atoms with Gasteiger partial charge in [-0.1, -0.05) is 102 Å². The molecule has 0 amide bonds. The first-order chi connectivity index (χ1) is 13.6. The molecule has 1 aliphatic rings. The summed E-state index contributed by atoms with van der Waals surface area (Å²) in [7, 11) is 0. The molecule has 2 rings (SSSR count). The topological polar surface area (TPSA) is 20.2 Å². The third-order valence-corrected chi connectivity index (χ3v) is 7.50. The molecule has 0 aliphatic heterocycles. The van der Waals surface area contributed by atoms with E-state index in [0.717, 1.165) is 41.3 Å². The molecule has 0 aromatic heterocycles. The van der Waals surface area contributed by atoms with Crippen molar-refractivity contribution in [2.45, 2.75) is 118 Å². The van der Waals surface area contributed by atoms with Crippen LogP contribution in [0.1, 0.15) is 116 Å². The van der Waals surface area contributed by atoms with Crippen molar-refractivity contribution in [2.24, 2.45) is 11.3 Å². The van der Waals surface area contributed by atoms with Crippen molar-refractivity contribution in [3.63, 3.8) is 0 Å². The van der Waals surface area contributed by atoms with E-state index in [4.69, 9.17) is 0 Å². The van der Waals surface area contributed by atoms with Crippen LogP contribution in [0.4, 0.5) is 4.39 Å². The zero-order valence-electron chi connectivity index (χ0n) is 19.9. The van der Waals surface area contributed by atoms with Gasteiger partial charge in [0.05, 0.1) is 5.60 Å². The summed E-state index contributed by atoms with van der Waals surface area (Å²) in [6, 6.07) is 1.55. The molecule has 0 saturated heterocycles. The van der Waals surface area contributed by atoms with Gasteiger partial charge in [0.2, 0.25) is 0 Å². The zero-order chi connectivity index (χ0) is 22.2. The van der Waals surface area contributed by atoms with Crippen LogP contribution in [0.2, 0.25) is 0 Å². The second-order valence-electron chi connectivity index (χ2n) is 9.48. The van der Waals surface area contributed by atoms with Crippen molar-refractivity contribution in [1.82, 2.24) is 0 Å². The maximum absolute atomic E-state index is 14.5. The monoisotopic (exact) mass is 470 g/mol. The van der Waals surface area contributed by atoms with Crippen LogP contribution in [0, 0.1) is 24.1 Å². The molecule has 1 aliphatic carbocycles. The Kier molecular flexibility index (Phi) is 10.9. The molecular weight excluding hydrogens is 427 g/mol. The van der Waals surface area contributed by atoms with Gasteiger partial charge in [-0.25, -0.2) is 4.39 Å². The van der Waals surface area contributed by atoms with Gasteiger partial charge in [-0.3, -0.25) is 0 Å². The van der Waals surface area contributed by atoms with Crippen LogP contribution in [0.25, 0.3) is 0 Å². The molecule has 1 nitrogen and oxygen atoms in total. The van der Waals surface area contributed by atoms with Crippen LogP contribution in [0.5, 0.6) is 0 Å². The Morgan fingerprint density at radius 1 is 1.00 bits per heavy atom. The van der Waals surface area contributed by atoms with Gasteiger partial charge in [0.1, 0.15) is 5.82 Å². The highest BCUT2D eigenvalue weighted by atomic mass is 79.9. The quantitative estimate of drug-likeness (QED) is 0.357. The minimum atomic E-state index is -0.955. The minimum Gasteiger partial charge on any atom is -0.384 e. The smallest absolute Gasteiger partial charge is 0.127 e. The fraction of sp³-hybridized carbons (Fsp3) is 0.769. The lowest BCUT2D eigenvalue weighted by molar-refractivity contribution is -0.113. The lowest BCUT2D eigenvalue weighted by Crippen LogP contribution is -2.45. The average Bonchev–Trinajstić information content (AvgIpc) is 2.88. The molecule has 3 heteroatoms. The van der Waals surface area contributed by atoms with Crippen LogP contribution in [-0.4, -0.2) is 5.11 Å². The van der Waals surface area contributed by atoms with E-state index in [0.29, 0.717) is 12.0 Å². The molecule has 1 aromatic carbocycles. The third-order valence-electron chi connectivity index (χ3n) is 6.68. The first kappa shape index (κ1) is 26.6. The number of unbranched alkanes of at least 4 members (excludes halogenated alkanes) is 4. The molecule has 29 heavy (non-hydrogen) atoms. The molecule has 0 saturated carbocycles. The number of hydrogen-bond donors (Lipinski definition) is 1. The Morgan fingerprint density at radius 3 is 1.97 bits per heavy atom. The first-order valence-corrected chi connectivity index (χ1v) is 12.6. The summed E-state index contributed by atoms with van der Waals surface area (Å²) in [5.41, 5.74) is 1.24. The van der Waals surface area contributed by atoms with E-state index in [1.54, 1.807) is 6.07 Å². The summed E-state index contributed by atoms with van der Waals surface area (Å²) in [6.07, 6.45) is 11.6. The van der Waals surface area contributed by atoms with Crippen LogP contribution >= 0.6 is 15.9 Å². The number of aliphatic hydroxyl groups is 1. The summed E-state index contributed by atoms with van der Waals surface area (Å²) in [5, 5.41) is 11.8. The second kappa shape index (κ2) is 11.8. The fourth-order valence-corrected chi connectivity index (χ4v) is 5.47. The van der Waals surface area contributed by atoms with Gasteiger partial charge in [0.15, 0.2) is 0 Å². The van der Waals surface area contributed by atoms with Gasteiger partial charge in [0.25, 0.3) is 0 Å². The van der Waals surface area contributed by atoms with E-state index < -0.39 is 5.60 Å².